The number of hydrogen-bond donors (Lipinski definition) is 2. The molecule has 1 aromatic rings. The van der Waals surface area contributed by atoms with Crippen molar-refractivity contribution in [3.8, 4) is 11.5 Å². The lowest BCUT2D eigenvalue weighted by Crippen LogP contribution is -1.99. The van der Waals surface area contributed by atoms with Gasteiger partial charge in [0.25, 0.3) is 0 Å². The van der Waals surface area contributed by atoms with Crippen molar-refractivity contribution in [2.75, 3.05) is 7.11 Å². The molecule has 0 radical (unpaired) electrons. The molecule has 0 unspecified atom stereocenters. The first kappa shape index (κ1) is 13.3. The third-order valence-electron chi connectivity index (χ3n) is 2.61. The monoisotopic (exact) mass is 242 g/mol. The van der Waals surface area contributed by atoms with E-state index in [0.717, 1.165) is 0 Å². The minimum atomic E-state index is -0.888. The van der Waals surface area contributed by atoms with E-state index in [1.165, 1.54) is 13.2 Å². The Bertz CT molecular complexity index is 429. The molecule has 1 aromatic carbocycles. The number of rotatable bonds is 5. The van der Waals surface area contributed by atoms with Gasteiger partial charge in [-0.2, -0.15) is 0 Å². The van der Waals surface area contributed by atoms with E-state index in [-0.39, 0.29) is 17.9 Å². The first-order valence-electron chi connectivity index (χ1n) is 5.24. The number of carbonyl (C=O) groups is 1. The Kier molecular flexibility index (Phi) is 4.31. The van der Waals surface area contributed by atoms with Crippen molar-refractivity contribution in [3.63, 3.8) is 0 Å². The predicted molar refractivity (Wildman–Crippen MR) is 59.9 cm³/mol. The van der Waals surface area contributed by atoms with Crippen LogP contribution in [0, 0.1) is 12.7 Å². The molecule has 17 heavy (non-hydrogen) atoms. The lowest BCUT2D eigenvalue weighted by Gasteiger charge is -2.12. The van der Waals surface area contributed by atoms with Gasteiger partial charge in [0, 0.05) is 6.42 Å². The van der Waals surface area contributed by atoms with E-state index < -0.39 is 11.8 Å². The molecule has 0 atom stereocenters. The van der Waals surface area contributed by atoms with E-state index in [4.69, 9.17) is 9.84 Å². The highest BCUT2D eigenvalue weighted by molar-refractivity contribution is 5.66. The van der Waals surface area contributed by atoms with Crippen molar-refractivity contribution in [1.29, 1.82) is 0 Å². The summed E-state index contributed by atoms with van der Waals surface area (Å²) in [5.74, 6) is -1.93. The number of halogens is 1. The zero-order valence-electron chi connectivity index (χ0n) is 9.79. The van der Waals surface area contributed by atoms with Crippen LogP contribution in [-0.4, -0.2) is 23.3 Å². The lowest BCUT2D eigenvalue weighted by molar-refractivity contribution is -0.137. The van der Waals surface area contributed by atoms with Gasteiger partial charge in [-0.1, -0.05) is 0 Å². The maximum absolute atomic E-state index is 13.5. The van der Waals surface area contributed by atoms with Crippen LogP contribution in [-0.2, 0) is 11.2 Å². The van der Waals surface area contributed by atoms with Gasteiger partial charge in [-0.25, -0.2) is 4.39 Å². The smallest absolute Gasteiger partial charge is 0.303 e. The molecule has 0 aliphatic heterocycles. The summed E-state index contributed by atoms with van der Waals surface area (Å²) in [7, 11) is 1.28. The Morgan fingerprint density at radius 3 is 2.71 bits per heavy atom. The van der Waals surface area contributed by atoms with E-state index in [2.05, 4.69) is 0 Å². The molecule has 0 saturated carbocycles. The zero-order valence-corrected chi connectivity index (χ0v) is 9.79. The number of carboxylic acid groups (broad SMARTS) is 1. The number of carboxylic acids is 1. The molecular formula is C12H15FO4. The van der Waals surface area contributed by atoms with Crippen molar-refractivity contribution in [3.05, 3.63) is 23.0 Å². The number of benzene rings is 1. The predicted octanol–water partition coefficient (Wildman–Crippen LogP) is 2.26. The Morgan fingerprint density at radius 2 is 2.18 bits per heavy atom. The van der Waals surface area contributed by atoms with Gasteiger partial charge < -0.3 is 14.9 Å². The Morgan fingerprint density at radius 1 is 1.53 bits per heavy atom. The van der Waals surface area contributed by atoms with Gasteiger partial charge in [0.05, 0.1) is 7.11 Å². The van der Waals surface area contributed by atoms with Gasteiger partial charge in [-0.3, -0.25) is 4.79 Å². The van der Waals surface area contributed by atoms with Gasteiger partial charge in [-0.05, 0) is 37.0 Å². The fourth-order valence-electron chi connectivity index (χ4n) is 1.65. The number of aromatic hydroxyl groups is 1. The molecule has 0 spiro atoms. The summed E-state index contributed by atoms with van der Waals surface area (Å²) >= 11 is 0. The second-order valence-corrected chi connectivity index (χ2v) is 3.77. The SMILES string of the molecule is COc1c(F)cc(CCCC(=O)O)c(C)c1O. The highest BCUT2D eigenvalue weighted by Gasteiger charge is 2.15. The molecule has 0 heterocycles. The van der Waals surface area contributed by atoms with Crippen LogP contribution in [0.2, 0.25) is 0 Å². The molecular weight excluding hydrogens is 227 g/mol. The number of methoxy groups -OCH3 is 1. The van der Waals surface area contributed by atoms with E-state index in [1.54, 1.807) is 6.92 Å². The molecule has 94 valence electrons. The van der Waals surface area contributed by atoms with Crippen LogP contribution in [0.15, 0.2) is 6.07 Å². The normalized spacial score (nSPS) is 10.3. The number of aryl methyl sites for hydroxylation is 1. The van der Waals surface area contributed by atoms with Crippen LogP contribution in [0.4, 0.5) is 4.39 Å². The van der Waals surface area contributed by atoms with Crippen molar-refractivity contribution >= 4 is 5.97 Å². The maximum Gasteiger partial charge on any atom is 0.303 e. The van der Waals surface area contributed by atoms with Crippen LogP contribution in [0.5, 0.6) is 11.5 Å². The molecule has 5 heteroatoms. The molecule has 0 aliphatic rings. The number of hydrogen-bond acceptors (Lipinski definition) is 3. The Labute approximate surface area is 98.7 Å². The summed E-state index contributed by atoms with van der Waals surface area (Å²) < 4.78 is 18.2. The minimum absolute atomic E-state index is 0.0217. The number of phenolic OH excluding ortho intramolecular Hbond substituents is 1. The van der Waals surface area contributed by atoms with Crippen LogP contribution in [0.1, 0.15) is 24.0 Å². The number of aliphatic carboxylic acids is 1. The van der Waals surface area contributed by atoms with Gasteiger partial charge in [0.1, 0.15) is 0 Å². The van der Waals surface area contributed by atoms with E-state index >= 15 is 0 Å². The van der Waals surface area contributed by atoms with Gasteiger partial charge in [0.15, 0.2) is 17.3 Å². The van der Waals surface area contributed by atoms with Crippen molar-refractivity contribution < 1.29 is 24.1 Å². The molecule has 0 aliphatic carbocycles. The minimum Gasteiger partial charge on any atom is -0.504 e. The van der Waals surface area contributed by atoms with Crippen molar-refractivity contribution in [2.45, 2.75) is 26.2 Å². The lowest BCUT2D eigenvalue weighted by atomic mass is 10.0. The molecule has 1 rings (SSSR count). The van der Waals surface area contributed by atoms with Crippen LogP contribution in [0.25, 0.3) is 0 Å². The number of phenols is 1. The first-order valence-corrected chi connectivity index (χ1v) is 5.24. The number of ether oxygens (including phenoxy) is 1. The van der Waals surface area contributed by atoms with E-state index in [9.17, 15) is 14.3 Å². The van der Waals surface area contributed by atoms with Gasteiger partial charge >= 0.3 is 5.97 Å². The van der Waals surface area contributed by atoms with Crippen molar-refractivity contribution in [1.82, 2.24) is 0 Å². The topological polar surface area (TPSA) is 66.8 Å². The quantitative estimate of drug-likeness (QED) is 0.831. The van der Waals surface area contributed by atoms with Gasteiger partial charge in [-0.15, -0.1) is 0 Å². The summed E-state index contributed by atoms with van der Waals surface area (Å²) in [5.41, 5.74) is 1.12. The molecule has 4 nitrogen and oxygen atoms in total. The standard InChI is InChI=1S/C12H15FO4/c1-7-8(4-3-5-10(14)15)6-9(13)12(17-2)11(7)16/h6,16H,3-5H2,1-2H3,(H,14,15). The molecule has 0 saturated heterocycles. The summed E-state index contributed by atoms with van der Waals surface area (Å²) in [4.78, 5) is 10.4. The highest BCUT2D eigenvalue weighted by atomic mass is 19.1. The average molecular weight is 242 g/mol. The largest absolute Gasteiger partial charge is 0.504 e. The first-order chi connectivity index (χ1) is 7.97. The van der Waals surface area contributed by atoms with Crippen LogP contribution in [0.3, 0.4) is 0 Å². The summed E-state index contributed by atoms with van der Waals surface area (Å²) in [6, 6.07) is 1.27. The molecule has 2 N–H and O–H groups in total. The molecule has 0 aromatic heterocycles. The highest BCUT2D eigenvalue weighted by Crippen LogP contribution is 2.35. The summed E-state index contributed by atoms with van der Waals surface area (Å²) in [5, 5.41) is 18.2. The van der Waals surface area contributed by atoms with E-state index in [0.29, 0.717) is 24.0 Å². The second kappa shape index (κ2) is 5.52. The average Bonchev–Trinajstić information content (AvgIpc) is 2.25. The Balaban J connectivity index is 2.90. The van der Waals surface area contributed by atoms with Crippen LogP contribution < -0.4 is 4.74 Å². The molecule has 0 amide bonds. The van der Waals surface area contributed by atoms with Crippen molar-refractivity contribution in [2.24, 2.45) is 0 Å². The zero-order chi connectivity index (χ0) is 13.0. The molecule has 0 bridgehead atoms. The van der Waals surface area contributed by atoms with Gasteiger partial charge in [0.2, 0.25) is 0 Å². The summed E-state index contributed by atoms with van der Waals surface area (Å²) in [6.45, 7) is 1.65. The van der Waals surface area contributed by atoms with Crippen LogP contribution >= 0.6 is 0 Å². The fraction of sp³-hybridized carbons (Fsp3) is 0.417. The van der Waals surface area contributed by atoms with E-state index in [1.807, 2.05) is 0 Å². The molecule has 0 fully saturated rings. The second-order valence-electron chi connectivity index (χ2n) is 3.77. The third-order valence-corrected chi connectivity index (χ3v) is 2.61. The Hall–Kier alpha value is -1.78. The summed E-state index contributed by atoms with van der Waals surface area (Å²) in [6.07, 6.45) is 0.835. The maximum atomic E-state index is 13.5. The fourth-order valence-corrected chi connectivity index (χ4v) is 1.65. The third kappa shape index (κ3) is 3.09.